The van der Waals surface area contributed by atoms with E-state index in [-0.39, 0.29) is 5.56 Å². The highest BCUT2D eigenvalue weighted by Crippen LogP contribution is 2.36. The van der Waals surface area contributed by atoms with Crippen LogP contribution in [-0.2, 0) is 6.18 Å². The largest absolute Gasteiger partial charge is 0.416 e. The molecule has 3 nitrogen and oxygen atoms in total. The Morgan fingerprint density at radius 3 is 2.27 bits per heavy atom. The molecule has 0 unspecified atom stereocenters. The number of rotatable bonds is 1. The normalized spacial score (nSPS) is 11.5. The van der Waals surface area contributed by atoms with E-state index in [0.29, 0.717) is 12.1 Å². The summed E-state index contributed by atoms with van der Waals surface area (Å²) in [6, 6.07) is 1.25. The van der Waals surface area contributed by atoms with Crippen LogP contribution in [0.4, 0.5) is 18.9 Å². The maximum Gasteiger partial charge on any atom is 0.416 e. The van der Waals surface area contributed by atoms with Gasteiger partial charge in [0.25, 0.3) is 5.69 Å². The maximum absolute atomic E-state index is 12.3. The Hall–Kier alpha value is -1.30. The zero-order valence-electron chi connectivity index (χ0n) is 7.43. The van der Waals surface area contributed by atoms with Crippen molar-refractivity contribution in [3.63, 3.8) is 0 Å². The fraction of sp³-hybridized carbons (Fsp3) is 0.250. The summed E-state index contributed by atoms with van der Waals surface area (Å²) in [7, 11) is 0. The molecule has 0 fully saturated rings. The summed E-state index contributed by atoms with van der Waals surface area (Å²) in [5.74, 6) is 0. The molecule has 0 amide bonds. The molecule has 1 rings (SSSR count). The number of nitro benzene ring substituents is 1. The molecule has 0 saturated carbocycles. The summed E-state index contributed by atoms with van der Waals surface area (Å²) < 4.78 is 36.8. The van der Waals surface area contributed by atoms with Gasteiger partial charge in [0, 0.05) is 5.56 Å². The molecule has 0 spiro atoms. The lowest BCUT2D eigenvalue weighted by atomic mass is 10.1. The molecule has 1 aromatic rings. The van der Waals surface area contributed by atoms with Crippen molar-refractivity contribution in [3.8, 4) is 0 Å². The number of halogens is 4. The minimum absolute atomic E-state index is 0.111. The molecule has 0 aliphatic rings. The van der Waals surface area contributed by atoms with E-state index in [4.69, 9.17) is 11.6 Å². The second kappa shape index (κ2) is 3.69. The Kier molecular flexibility index (Phi) is 2.90. The lowest BCUT2D eigenvalue weighted by Gasteiger charge is -2.08. The van der Waals surface area contributed by atoms with Gasteiger partial charge in [0.2, 0.25) is 0 Å². The van der Waals surface area contributed by atoms with Crippen molar-refractivity contribution in [2.45, 2.75) is 13.1 Å². The van der Waals surface area contributed by atoms with Crippen molar-refractivity contribution in [2.24, 2.45) is 0 Å². The fourth-order valence-corrected chi connectivity index (χ4v) is 1.47. The first-order valence-electron chi connectivity index (χ1n) is 3.75. The summed E-state index contributed by atoms with van der Waals surface area (Å²) in [6.07, 6.45) is -4.55. The van der Waals surface area contributed by atoms with Gasteiger partial charge in [0.15, 0.2) is 0 Å². The summed E-state index contributed by atoms with van der Waals surface area (Å²) in [5, 5.41) is 9.94. The van der Waals surface area contributed by atoms with Gasteiger partial charge < -0.3 is 0 Å². The molecule has 0 saturated heterocycles. The number of nitro groups is 1. The Labute approximate surface area is 87.6 Å². The van der Waals surface area contributed by atoms with Crippen molar-refractivity contribution in [1.82, 2.24) is 0 Å². The van der Waals surface area contributed by atoms with E-state index < -0.39 is 27.4 Å². The van der Waals surface area contributed by atoms with E-state index in [1.807, 2.05) is 0 Å². The SMILES string of the molecule is Cc1cc(C(F)(F)F)cc(Cl)c1[N+](=O)[O-]. The van der Waals surface area contributed by atoms with Gasteiger partial charge in [0.05, 0.1) is 10.5 Å². The van der Waals surface area contributed by atoms with E-state index in [1.165, 1.54) is 6.92 Å². The van der Waals surface area contributed by atoms with Crippen LogP contribution in [0.5, 0.6) is 0 Å². The quantitative estimate of drug-likeness (QED) is 0.555. The number of aryl methyl sites for hydroxylation is 1. The van der Waals surface area contributed by atoms with Crippen LogP contribution in [-0.4, -0.2) is 4.92 Å². The topological polar surface area (TPSA) is 43.1 Å². The molecule has 0 N–H and O–H groups in total. The second-order valence-electron chi connectivity index (χ2n) is 2.88. The highest BCUT2D eigenvalue weighted by molar-refractivity contribution is 6.32. The molecule has 0 atom stereocenters. The molecule has 0 radical (unpaired) electrons. The molecular weight excluding hydrogens is 235 g/mol. The molecule has 0 aliphatic heterocycles. The molecule has 1 aromatic carbocycles. The van der Waals surface area contributed by atoms with Gasteiger partial charge in [0.1, 0.15) is 5.02 Å². The Bertz CT molecular complexity index is 394. The molecule has 15 heavy (non-hydrogen) atoms. The van der Waals surface area contributed by atoms with Gasteiger partial charge in [-0.15, -0.1) is 0 Å². The Morgan fingerprint density at radius 2 is 1.93 bits per heavy atom. The van der Waals surface area contributed by atoms with Gasteiger partial charge in [-0.1, -0.05) is 11.6 Å². The van der Waals surface area contributed by atoms with Gasteiger partial charge in [-0.05, 0) is 19.1 Å². The Morgan fingerprint density at radius 1 is 1.40 bits per heavy atom. The average Bonchev–Trinajstić information content (AvgIpc) is 1.99. The van der Waals surface area contributed by atoms with Crippen LogP contribution in [0.1, 0.15) is 11.1 Å². The minimum atomic E-state index is -4.55. The zero-order valence-corrected chi connectivity index (χ0v) is 8.19. The zero-order chi connectivity index (χ0) is 11.8. The first-order chi connectivity index (χ1) is 6.73. The number of hydrogen-bond donors (Lipinski definition) is 0. The highest BCUT2D eigenvalue weighted by Gasteiger charge is 2.33. The molecule has 7 heteroatoms. The van der Waals surface area contributed by atoms with Crippen molar-refractivity contribution in [1.29, 1.82) is 0 Å². The molecular formula is C8H5ClF3NO2. The number of nitrogens with zero attached hydrogens (tertiary/aromatic N) is 1. The fourth-order valence-electron chi connectivity index (χ4n) is 1.13. The van der Waals surface area contributed by atoms with Crippen LogP contribution in [0.25, 0.3) is 0 Å². The summed E-state index contributed by atoms with van der Waals surface area (Å²) in [5.41, 5.74) is -1.60. The molecule has 0 heterocycles. The first kappa shape index (κ1) is 11.8. The van der Waals surface area contributed by atoms with E-state index in [9.17, 15) is 23.3 Å². The van der Waals surface area contributed by atoms with Crippen LogP contribution in [0, 0.1) is 17.0 Å². The third-order valence-corrected chi connectivity index (χ3v) is 2.05. The Balaban J connectivity index is 3.39. The summed E-state index contributed by atoms with van der Waals surface area (Å²) in [4.78, 5) is 9.64. The lowest BCUT2D eigenvalue weighted by molar-refractivity contribution is -0.385. The molecule has 0 aliphatic carbocycles. The third-order valence-electron chi connectivity index (χ3n) is 1.76. The van der Waals surface area contributed by atoms with Crippen LogP contribution in [0.3, 0.4) is 0 Å². The molecule has 0 aromatic heterocycles. The minimum Gasteiger partial charge on any atom is -0.258 e. The summed E-state index contributed by atoms with van der Waals surface area (Å²) >= 11 is 5.39. The number of alkyl halides is 3. The van der Waals surface area contributed by atoms with E-state index in [1.54, 1.807) is 0 Å². The lowest BCUT2D eigenvalue weighted by Crippen LogP contribution is -2.06. The van der Waals surface area contributed by atoms with E-state index >= 15 is 0 Å². The molecule has 82 valence electrons. The van der Waals surface area contributed by atoms with Crippen molar-refractivity contribution < 1.29 is 18.1 Å². The highest BCUT2D eigenvalue weighted by atomic mass is 35.5. The predicted octanol–water partition coefficient (Wildman–Crippen LogP) is 3.58. The van der Waals surface area contributed by atoms with Crippen molar-refractivity contribution >= 4 is 17.3 Å². The monoisotopic (exact) mass is 239 g/mol. The second-order valence-corrected chi connectivity index (χ2v) is 3.29. The molecule has 0 bridgehead atoms. The standard InChI is InChI=1S/C8H5ClF3NO2/c1-4-2-5(8(10,11)12)3-6(9)7(4)13(14)15/h2-3H,1H3. The first-order valence-corrected chi connectivity index (χ1v) is 4.13. The third kappa shape index (κ3) is 2.38. The van der Waals surface area contributed by atoms with Crippen molar-refractivity contribution in [3.05, 3.63) is 38.4 Å². The van der Waals surface area contributed by atoms with Gasteiger partial charge in [-0.25, -0.2) is 0 Å². The van der Waals surface area contributed by atoms with Gasteiger partial charge in [-0.3, -0.25) is 10.1 Å². The number of benzene rings is 1. The smallest absolute Gasteiger partial charge is 0.258 e. The van der Waals surface area contributed by atoms with Crippen LogP contribution in [0.15, 0.2) is 12.1 Å². The van der Waals surface area contributed by atoms with Crippen LogP contribution >= 0.6 is 11.6 Å². The average molecular weight is 240 g/mol. The van der Waals surface area contributed by atoms with E-state index in [2.05, 4.69) is 0 Å². The van der Waals surface area contributed by atoms with Gasteiger partial charge in [-0.2, -0.15) is 13.2 Å². The van der Waals surface area contributed by atoms with Crippen molar-refractivity contribution in [2.75, 3.05) is 0 Å². The maximum atomic E-state index is 12.3. The predicted molar refractivity (Wildman–Crippen MR) is 47.8 cm³/mol. The van der Waals surface area contributed by atoms with E-state index in [0.717, 1.165) is 0 Å². The van der Waals surface area contributed by atoms with Gasteiger partial charge >= 0.3 is 6.18 Å². The summed E-state index contributed by atoms with van der Waals surface area (Å²) in [6.45, 7) is 1.21. The number of hydrogen-bond acceptors (Lipinski definition) is 2. The van der Waals surface area contributed by atoms with Crippen LogP contribution < -0.4 is 0 Å². The van der Waals surface area contributed by atoms with Crippen LogP contribution in [0.2, 0.25) is 5.02 Å².